The highest BCUT2D eigenvalue weighted by Crippen LogP contribution is 2.20. The summed E-state index contributed by atoms with van der Waals surface area (Å²) in [7, 11) is 0. The molecule has 0 aromatic heterocycles. The van der Waals surface area contributed by atoms with Crippen molar-refractivity contribution in [1.82, 2.24) is 5.32 Å². The number of carbonyl (C=O) groups excluding carboxylic acids is 1. The second kappa shape index (κ2) is 19.3. The summed E-state index contributed by atoms with van der Waals surface area (Å²) < 4.78 is 0.940. The van der Waals surface area contributed by atoms with Gasteiger partial charge in [0, 0.05) is 6.92 Å². The number of hydrogen-bond donors (Lipinski definition) is 1. The Morgan fingerprint density at radius 2 is 1.44 bits per heavy atom. The van der Waals surface area contributed by atoms with Crippen LogP contribution in [0.3, 0.4) is 0 Å². The van der Waals surface area contributed by atoms with Gasteiger partial charge in [-0.15, -0.1) is 0 Å². The van der Waals surface area contributed by atoms with Gasteiger partial charge in [0.15, 0.2) is 0 Å². The lowest BCUT2D eigenvalue weighted by atomic mass is 10.0. The van der Waals surface area contributed by atoms with E-state index < -0.39 is 0 Å². The highest BCUT2D eigenvalue weighted by Gasteiger charge is 2.35. The van der Waals surface area contributed by atoms with E-state index in [-0.39, 0.29) is 12.1 Å². The van der Waals surface area contributed by atoms with Crippen LogP contribution in [0.1, 0.15) is 124 Å². The first-order chi connectivity index (χ1) is 15.6. The number of hydrogen-bond acceptors (Lipinski definition) is 2. The van der Waals surface area contributed by atoms with Gasteiger partial charge in [-0.3, -0.25) is 9.28 Å². The number of nitrogens with zero attached hydrogens (tertiary/aromatic N) is 2. The van der Waals surface area contributed by atoms with Gasteiger partial charge in [-0.2, -0.15) is 0 Å². The van der Waals surface area contributed by atoms with Crippen molar-refractivity contribution in [1.29, 1.82) is 0 Å². The third-order valence-corrected chi connectivity index (χ3v) is 7.11. The molecule has 186 valence electrons. The average Bonchev–Trinajstić information content (AvgIpc) is 3.18. The van der Waals surface area contributed by atoms with Crippen molar-refractivity contribution in [2.24, 2.45) is 4.99 Å². The van der Waals surface area contributed by atoms with Crippen molar-refractivity contribution in [2.75, 3.05) is 26.2 Å². The van der Waals surface area contributed by atoms with Gasteiger partial charge in [0.25, 0.3) is 0 Å². The molecule has 32 heavy (non-hydrogen) atoms. The van der Waals surface area contributed by atoms with Crippen molar-refractivity contribution in [3.63, 3.8) is 0 Å². The first-order valence-electron chi connectivity index (χ1n) is 13.9. The van der Waals surface area contributed by atoms with Gasteiger partial charge >= 0.3 is 0 Å². The van der Waals surface area contributed by atoms with E-state index in [4.69, 9.17) is 4.99 Å². The summed E-state index contributed by atoms with van der Waals surface area (Å²) in [6.45, 7) is 9.82. The molecule has 1 aliphatic rings. The second-order valence-electron chi connectivity index (χ2n) is 9.84. The van der Waals surface area contributed by atoms with Gasteiger partial charge in [0.2, 0.25) is 12.1 Å². The number of amides is 1. The van der Waals surface area contributed by atoms with Crippen LogP contribution in [0.2, 0.25) is 0 Å². The number of allylic oxidation sites excluding steroid dienone is 1. The summed E-state index contributed by atoms with van der Waals surface area (Å²) in [5.41, 5.74) is 0. The molecule has 0 spiro atoms. The van der Waals surface area contributed by atoms with E-state index in [2.05, 4.69) is 37.5 Å². The number of aliphatic imine (C=N–C) groups is 1. The van der Waals surface area contributed by atoms with Crippen LogP contribution < -0.4 is 5.32 Å². The lowest BCUT2D eigenvalue weighted by Crippen LogP contribution is -2.54. The summed E-state index contributed by atoms with van der Waals surface area (Å²) in [6, 6.07) is 0. The van der Waals surface area contributed by atoms with E-state index in [9.17, 15) is 4.79 Å². The minimum atomic E-state index is 0.0552. The van der Waals surface area contributed by atoms with Gasteiger partial charge in [0.1, 0.15) is 6.54 Å². The molecule has 0 bridgehead atoms. The maximum Gasteiger partial charge on any atom is 0.217 e. The van der Waals surface area contributed by atoms with Gasteiger partial charge in [0.05, 0.1) is 25.8 Å². The number of unbranched alkanes of at least 4 members (excludes halogenated alkanes) is 15. The Balaban J connectivity index is 1.98. The standard InChI is InChI=1S/C28H53N3O/c1-4-6-7-8-9-10-11-12-13-14-15-16-17-18-19-20-21-22-28-30-24-26-31(28,5-2)25-23-29-27(3)32/h21-22,24,28H,4-20,23,25-26H2,1-3H3/p+1/b22-21+. The normalized spacial score (nSPS) is 20.4. The molecule has 0 fully saturated rings. The van der Waals surface area contributed by atoms with Crippen LogP contribution in [0.25, 0.3) is 0 Å². The maximum absolute atomic E-state index is 11.2. The van der Waals surface area contributed by atoms with Gasteiger partial charge < -0.3 is 5.32 Å². The van der Waals surface area contributed by atoms with Crippen LogP contribution in [0.5, 0.6) is 0 Å². The SMILES string of the molecule is CCCCCCCCCCCCCCCCC/C=C/C1N=CC[N+]1(CC)CCNC(C)=O. The zero-order valence-electron chi connectivity index (χ0n) is 21.8. The maximum atomic E-state index is 11.2. The third kappa shape index (κ3) is 13.4. The number of rotatable bonds is 21. The quantitative estimate of drug-likeness (QED) is 0.113. The summed E-state index contributed by atoms with van der Waals surface area (Å²) >= 11 is 0. The number of nitrogens with one attached hydrogen (secondary N) is 1. The predicted molar refractivity (Wildman–Crippen MR) is 140 cm³/mol. The lowest BCUT2D eigenvalue weighted by Gasteiger charge is -2.36. The van der Waals surface area contributed by atoms with Crippen LogP contribution in [-0.2, 0) is 4.79 Å². The van der Waals surface area contributed by atoms with Crippen LogP contribution in [0.4, 0.5) is 0 Å². The first kappa shape index (κ1) is 28.9. The van der Waals surface area contributed by atoms with Gasteiger partial charge in [-0.25, -0.2) is 4.99 Å². The Morgan fingerprint density at radius 1 is 0.906 bits per heavy atom. The van der Waals surface area contributed by atoms with Crippen molar-refractivity contribution < 1.29 is 9.28 Å². The van der Waals surface area contributed by atoms with Crippen molar-refractivity contribution >= 4 is 12.1 Å². The lowest BCUT2D eigenvalue weighted by molar-refractivity contribution is -0.928. The van der Waals surface area contributed by atoms with E-state index in [0.29, 0.717) is 0 Å². The zero-order chi connectivity index (χ0) is 23.3. The first-order valence-corrected chi connectivity index (χ1v) is 13.9. The molecule has 1 heterocycles. The van der Waals surface area contributed by atoms with Crippen molar-refractivity contribution in [3.8, 4) is 0 Å². The topological polar surface area (TPSA) is 41.5 Å². The Kier molecular flexibility index (Phi) is 17.4. The second-order valence-corrected chi connectivity index (χ2v) is 9.84. The molecule has 0 radical (unpaired) electrons. The molecule has 1 N–H and O–H groups in total. The average molecular weight is 449 g/mol. The van der Waals surface area contributed by atoms with Crippen LogP contribution in [-0.4, -0.2) is 48.9 Å². The predicted octanol–water partition coefficient (Wildman–Crippen LogP) is 7.19. The van der Waals surface area contributed by atoms with E-state index in [1.54, 1.807) is 6.92 Å². The fourth-order valence-corrected chi connectivity index (χ4v) is 4.80. The van der Waals surface area contributed by atoms with Gasteiger partial charge in [-0.1, -0.05) is 103 Å². The molecule has 2 unspecified atom stereocenters. The number of quaternary nitrogens is 1. The van der Waals surface area contributed by atoms with E-state index in [1.165, 1.54) is 103 Å². The Hall–Kier alpha value is -1.16. The fraction of sp³-hybridized carbons (Fsp3) is 0.857. The minimum Gasteiger partial charge on any atom is -0.351 e. The highest BCUT2D eigenvalue weighted by atomic mass is 16.1. The molecule has 1 amide bonds. The number of likely N-dealkylation sites (N-methyl/N-ethyl adjacent to an activating group) is 1. The summed E-state index contributed by atoms with van der Waals surface area (Å²) in [6.07, 6.45) is 29.4. The highest BCUT2D eigenvalue weighted by molar-refractivity contribution is 5.72. The Morgan fingerprint density at radius 3 is 1.94 bits per heavy atom. The summed E-state index contributed by atoms with van der Waals surface area (Å²) in [5, 5.41) is 2.94. The molecular weight excluding hydrogens is 394 g/mol. The van der Waals surface area contributed by atoms with Crippen molar-refractivity contribution in [2.45, 2.75) is 130 Å². The van der Waals surface area contributed by atoms with E-state index in [0.717, 1.165) is 30.7 Å². The van der Waals surface area contributed by atoms with Crippen LogP contribution in [0, 0.1) is 0 Å². The molecule has 4 nitrogen and oxygen atoms in total. The molecule has 2 atom stereocenters. The Labute approximate surface area is 199 Å². The molecule has 0 aliphatic carbocycles. The Bertz CT molecular complexity index is 517. The monoisotopic (exact) mass is 448 g/mol. The molecule has 0 aromatic carbocycles. The third-order valence-electron chi connectivity index (χ3n) is 7.11. The zero-order valence-corrected chi connectivity index (χ0v) is 21.8. The number of carbonyl (C=O) groups is 1. The molecular formula is C28H54N3O+. The minimum absolute atomic E-state index is 0.0552. The van der Waals surface area contributed by atoms with E-state index >= 15 is 0 Å². The van der Waals surface area contributed by atoms with Gasteiger partial charge in [-0.05, 0) is 25.8 Å². The summed E-state index contributed by atoms with van der Waals surface area (Å²) in [5.74, 6) is 0.0552. The molecule has 1 rings (SSSR count). The van der Waals surface area contributed by atoms with E-state index in [1.807, 2.05) is 0 Å². The molecule has 1 aliphatic heterocycles. The smallest absolute Gasteiger partial charge is 0.217 e. The molecule has 0 saturated heterocycles. The van der Waals surface area contributed by atoms with Crippen LogP contribution >= 0.6 is 0 Å². The largest absolute Gasteiger partial charge is 0.351 e. The molecule has 0 aromatic rings. The fourth-order valence-electron chi connectivity index (χ4n) is 4.80. The van der Waals surface area contributed by atoms with Crippen LogP contribution in [0.15, 0.2) is 17.1 Å². The van der Waals surface area contributed by atoms with Crippen molar-refractivity contribution in [3.05, 3.63) is 12.2 Å². The molecule has 4 heteroatoms. The summed E-state index contributed by atoms with van der Waals surface area (Å²) in [4.78, 5) is 15.9. The molecule has 0 saturated carbocycles.